The van der Waals surface area contributed by atoms with Crippen molar-refractivity contribution >= 4 is 6.29 Å². The Labute approximate surface area is 276 Å². The first-order valence-corrected chi connectivity index (χ1v) is 16.1. The Morgan fingerprint density at radius 2 is 0.979 bits per heavy atom. The molecule has 1 aliphatic heterocycles. The van der Waals surface area contributed by atoms with Crippen molar-refractivity contribution in [2.75, 3.05) is 6.61 Å². The van der Waals surface area contributed by atoms with Crippen molar-refractivity contribution in [3.63, 3.8) is 0 Å². The van der Waals surface area contributed by atoms with Gasteiger partial charge in [0, 0.05) is 0 Å². The van der Waals surface area contributed by atoms with Crippen LogP contribution in [0.4, 0.5) is 0 Å². The maximum Gasteiger partial charge on any atom is 0.312 e. The van der Waals surface area contributed by atoms with Crippen LogP contribution in [0.2, 0.25) is 0 Å². The van der Waals surface area contributed by atoms with Gasteiger partial charge in [-0.2, -0.15) is 0 Å². The van der Waals surface area contributed by atoms with E-state index in [1.165, 1.54) is 0 Å². The third kappa shape index (κ3) is 9.10. The monoisotopic (exact) mass is 629 g/mol. The fraction of sp³-hybridized carbons (Fsp3) is 0.244. The number of hydrogen-bond acceptors (Lipinski definition) is 5. The molecule has 0 unspecified atom stereocenters. The average molecular weight is 630 g/mol. The first-order chi connectivity index (χ1) is 23.3. The standard InChI is InChI=1S/C41H40O6/c42-25-35-22-13-23-36(24-35)38-40(45-28-33-18-9-3-10-19-33)41(46-29-34-20-11-4-12-21-34)39(44-27-32-16-7-2-8-17-32)37(47-38)30-43-26-31-14-5-1-6-15-31/h1-25,37-41H,26-30H2/p+1/t37-,38+,39-,40+,41+/m1/s1. The van der Waals surface area contributed by atoms with Crippen LogP contribution >= 0.6 is 0 Å². The second kappa shape index (κ2) is 16.9. The second-order valence-electron chi connectivity index (χ2n) is 11.7. The summed E-state index contributed by atoms with van der Waals surface area (Å²) in [4.78, 5) is 9.88. The van der Waals surface area contributed by atoms with Crippen LogP contribution in [0, 0.1) is 0 Å². The maximum atomic E-state index is 9.88. The number of aldehydes is 1. The van der Waals surface area contributed by atoms with Crippen LogP contribution in [-0.4, -0.2) is 42.1 Å². The number of benzene rings is 5. The lowest BCUT2D eigenvalue weighted by atomic mass is 9.89. The lowest BCUT2D eigenvalue weighted by molar-refractivity contribution is -0.275. The van der Waals surface area contributed by atoms with Gasteiger partial charge in [-0.15, -0.1) is 0 Å². The van der Waals surface area contributed by atoms with Gasteiger partial charge in [-0.25, -0.2) is 0 Å². The molecule has 6 heteroatoms. The highest BCUT2D eigenvalue weighted by molar-refractivity contribution is 5.75. The Kier molecular flexibility index (Phi) is 11.7. The summed E-state index contributed by atoms with van der Waals surface area (Å²) >= 11 is 0. The minimum atomic E-state index is -0.543. The molecule has 0 bridgehead atoms. The minimum absolute atomic E-state index is 0.285. The Bertz CT molecular complexity index is 1630. The molecule has 6 nitrogen and oxygen atoms in total. The molecule has 1 N–H and O–H groups in total. The summed E-state index contributed by atoms with van der Waals surface area (Å²) in [5.74, 6) is 0. The van der Waals surface area contributed by atoms with E-state index < -0.39 is 30.5 Å². The zero-order valence-corrected chi connectivity index (χ0v) is 26.3. The van der Waals surface area contributed by atoms with E-state index >= 15 is 0 Å². The van der Waals surface area contributed by atoms with E-state index in [0.29, 0.717) is 32.0 Å². The molecule has 5 atom stereocenters. The fourth-order valence-corrected chi connectivity index (χ4v) is 5.87. The Morgan fingerprint density at radius 3 is 1.49 bits per heavy atom. The normalized spacial score (nSPS) is 20.9. The summed E-state index contributed by atoms with van der Waals surface area (Å²) in [7, 11) is 0. The van der Waals surface area contributed by atoms with Crippen molar-refractivity contribution in [3.8, 4) is 0 Å². The van der Waals surface area contributed by atoms with E-state index in [1.807, 2.05) is 133 Å². The smallest absolute Gasteiger partial charge is 0.312 e. The maximum absolute atomic E-state index is 9.88. The van der Waals surface area contributed by atoms with Gasteiger partial charge in [-0.05, 0) is 39.9 Å². The molecule has 0 aromatic heterocycles. The van der Waals surface area contributed by atoms with Gasteiger partial charge in [-0.1, -0.05) is 133 Å². The van der Waals surface area contributed by atoms with Crippen molar-refractivity contribution in [1.29, 1.82) is 0 Å². The van der Waals surface area contributed by atoms with Crippen molar-refractivity contribution in [3.05, 3.63) is 179 Å². The largest absolute Gasteiger partial charge is 0.374 e. The van der Waals surface area contributed by atoms with Crippen LogP contribution in [-0.2, 0) is 50.1 Å². The van der Waals surface area contributed by atoms with E-state index in [4.69, 9.17) is 23.7 Å². The molecule has 6 rings (SSSR count). The topological polar surface area (TPSA) is 67.6 Å². The molecule has 1 heterocycles. The summed E-state index contributed by atoms with van der Waals surface area (Å²) in [6.45, 7) is 1.84. The molecule has 0 spiro atoms. The molecule has 0 aliphatic carbocycles. The summed E-state index contributed by atoms with van der Waals surface area (Å²) in [6.07, 6.45) is -1.48. The predicted molar refractivity (Wildman–Crippen MR) is 182 cm³/mol. The molecule has 0 saturated carbocycles. The quantitative estimate of drug-likeness (QED) is 0.0881. The average Bonchev–Trinajstić information content (AvgIpc) is 3.14. The minimum Gasteiger partial charge on any atom is -0.374 e. The van der Waals surface area contributed by atoms with Gasteiger partial charge < -0.3 is 23.7 Å². The Morgan fingerprint density at radius 1 is 0.511 bits per heavy atom. The van der Waals surface area contributed by atoms with Crippen LogP contribution in [0.15, 0.2) is 146 Å². The first-order valence-electron chi connectivity index (χ1n) is 16.1. The molecule has 240 valence electrons. The second-order valence-corrected chi connectivity index (χ2v) is 11.7. The number of hydrogen-bond donors (Lipinski definition) is 0. The van der Waals surface area contributed by atoms with E-state index in [0.717, 1.165) is 34.1 Å². The van der Waals surface area contributed by atoms with E-state index in [9.17, 15) is 4.79 Å². The van der Waals surface area contributed by atoms with Gasteiger partial charge in [0.05, 0.1) is 38.6 Å². The van der Waals surface area contributed by atoms with Crippen molar-refractivity contribution in [1.82, 2.24) is 0 Å². The van der Waals surface area contributed by atoms with Crippen molar-refractivity contribution < 1.29 is 28.5 Å². The molecular weight excluding hydrogens is 588 g/mol. The van der Waals surface area contributed by atoms with Gasteiger partial charge in [-0.3, -0.25) is 4.79 Å². The van der Waals surface area contributed by atoms with Gasteiger partial charge in [0.1, 0.15) is 30.5 Å². The highest BCUT2D eigenvalue weighted by atomic mass is 16.6. The molecule has 0 radical (unpaired) electrons. The van der Waals surface area contributed by atoms with Crippen molar-refractivity contribution in [2.24, 2.45) is 0 Å². The fourth-order valence-electron chi connectivity index (χ4n) is 5.87. The lowest BCUT2D eigenvalue weighted by Gasteiger charge is -2.46. The van der Waals surface area contributed by atoms with Crippen LogP contribution in [0.1, 0.15) is 39.5 Å². The van der Waals surface area contributed by atoms with Crippen LogP contribution < -0.4 is 0 Å². The van der Waals surface area contributed by atoms with Gasteiger partial charge in [0.15, 0.2) is 0 Å². The highest BCUT2D eigenvalue weighted by Crippen LogP contribution is 2.39. The number of ether oxygens (including phenoxy) is 5. The van der Waals surface area contributed by atoms with Gasteiger partial charge >= 0.3 is 6.29 Å². The third-order valence-electron chi connectivity index (χ3n) is 8.27. The van der Waals surface area contributed by atoms with E-state index in [1.54, 1.807) is 0 Å². The molecule has 47 heavy (non-hydrogen) atoms. The summed E-state index contributed by atoms with van der Waals surface area (Å²) in [5, 5.41) is 0. The number of rotatable bonds is 15. The lowest BCUT2D eigenvalue weighted by Crippen LogP contribution is -2.58. The molecule has 1 saturated heterocycles. The SMILES string of the molecule is [OH+]=Cc1cccc([C@@H]2O[C@H](COCc3ccccc3)[C@@H](OCc3ccccc3)[C@H](OCc3ccccc3)[C@H]2OCc2ccccc2)c1. The summed E-state index contributed by atoms with van der Waals surface area (Å²) in [5.41, 5.74) is 5.76. The van der Waals surface area contributed by atoms with Crippen LogP contribution in [0.3, 0.4) is 0 Å². The van der Waals surface area contributed by atoms with Gasteiger partial charge in [0.25, 0.3) is 0 Å². The molecule has 1 aliphatic rings. The number of carbonyl (C=O) groups excluding carboxylic acids is 1. The van der Waals surface area contributed by atoms with E-state index in [-0.39, 0.29) is 6.61 Å². The summed E-state index contributed by atoms with van der Waals surface area (Å²) in [6, 6.07) is 48.1. The molecule has 5 aromatic rings. The van der Waals surface area contributed by atoms with Gasteiger partial charge in [0.2, 0.25) is 0 Å². The van der Waals surface area contributed by atoms with Crippen LogP contribution in [0.5, 0.6) is 0 Å². The molecule has 0 amide bonds. The zero-order chi connectivity index (χ0) is 32.1. The first kappa shape index (κ1) is 32.5. The molecular formula is C41H41O6+. The predicted octanol–water partition coefficient (Wildman–Crippen LogP) is 7.62. The zero-order valence-electron chi connectivity index (χ0n) is 26.3. The Hall–Kier alpha value is -4.43. The highest BCUT2D eigenvalue weighted by Gasteiger charge is 2.49. The molecule has 5 aromatic carbocycles. The van der Waals surface area contributed by atoms with Crippen molar-refractivity contribution in [2.45, 2.75) is 56.9 Å². The third-order valence-corrected chi connectivity index (χ3v) is 8.27. The Balaban J connectivity index is 1.35. The van der Waals surface area contributed by atoms with E-state index in [2.05, 4.69) is 12.1 Å². The molecule has 1 fully saturated rings. The van der Waals surface area contributed by atoms with Crippen LogP contribution in [0.25, 0.3) is 0 Å². The summed E-state index contributed by atoms with van der Waals surface area (Å²) < 4.78 is 33.6.